The Labute approximate surface area is 145 Å². The number of pyridine rings is 1. The van der Waals surface area contributed by atoms with Crippen molar-refractivity contribution in [1.29, 1.82) is 0 Å². The van der Waals surface area contributed by atoms with Crippen LogP contribution in [-0.2, 0) is 6.54 Å². The molecule has 1 aliphatic carbocycles. The van der Waals surface area contributed by atoms with Crippen molar-refractivity contribution in [2.75, 3.05) is 5.32 Å². The zero-order chi connectivity index (χ0) is 17.6. The number of nitrogens with one attached hydrogen (secondary N) is 1. The van der Waals surface area contributed by atoms with Crippen LogP contribution < -0.4 is 11.1 Å². The Morgan fingerprint density at radius 2 is 2.16 bits per heavy atom. The first-order valence-corrected chi connectivity index (χ1v) is 8.33. The molecular weight excluding hydrogens is 319 g/mol. The summed E-state index contributed by atoms with van der Waals surface area (Å²) >= 11 is 0. The van der Waals surface area contributed by atoms with Crippen LogP contribution in [0, 0.1) is 5.95 Å². The molecule has 1 aromatic heterocycles. The third-order valence-electron chi connectivity index (χ3n) is 4.72. The molecule has 1 fully saturated rings. The fourth-order valence-electron chi connectivity index (χ4n) is 3.16. The first kappa shape index (κ1) is 15.6. The molecule has 0 unspecified atom stereocenters. The molecule has 4 rings (SSSR count). The van der Waals surface area contributed by atoms with Crippen molar-refractivity contribution < 1.29 is 9.18 Å². The predicted octanol–water partition coefficient (Wildman–Crippen LogP) is 3.10. The van der Waals surface area contributed by atoms with Crippen LogP contribution in [0.3, 0.4) is 0 Å². The highest BCUT2D eigenvalue weighted by Crippen LogP contribution is 2.35. The zero-order valence-electron chi connectivity index (χ0n) is 13.9. The minimum absolute atomic E-state index is 0.110. The molecule has 2 heterocycles. The van der Waals surface area contributed by atoms with Gasteiger partial charge in [-0.1, -0.05) is 6.07 Å². The van der Waals surface area contributed by atoms with E-state index >= 15 is 0 Å². The molecule has 2 aliphatic rings. The molecule has 0 atom stereocenters. The molecule has 25 heavy (non-hydrogen) atoms. The lowest BCUT2D eigenvalue weighted by atomic mass is 10.0. The third kappa shape index (κ3) is 2.84. The molecule has 6 heteroatoms. The number of benzene rings is 1. The topological polar surface area (TPSA) is 71.2 Å². The Bertz CT molecular complexity index is 889. The summed E-state index contributed by atoms with van der Waals surface area (Å²) in [5.74, 6) is -0.465. The number of carbonyl (C=O) groups is 1. The smallest absolute Gasteiger partial charge is 0.254 e. The van der Waals surface area contributed by atoms with Crippen molar-refractivity contribution in [3.63, 3.8) is 0 Å². The molecule has 3 N–H and O–H groups in total. The summed E-state index contributed by atoms with van der Waals surface area (Å²) in [5, 5.41) is 2.96. The number of fused-ring (bicyclic) bond motifs is 1. The van der Waals surface area contributed by atoms with Crippen molar-refractivity contribution in [2.45, 2.75) is 32.4 Å². The molecule has 128 valence electrons. The van der Waals surface area contributed by atoms with Gasteiger partial charge in [-0.15, -0.1) is 0 Å². The number of hydrogen-bond acceptors (Lipinski definition) is 4. The van der Waals surface area contributed by atoms with Crippen LogP contribution in [-0.4, -0.2) is 21.8 Å². The van der Waals surface area contributed by atoms with Gasteiger partial charge in [0.05, 0.1) is 11.4 Å². The molecule has 1 aliphatic heterocycles. The normalized spacial score (nSPS) is 17.4. The highest BCUT2D eigenvalue weighted by Gasteiger charge is 2.38. The zero-order valence-corrected chi connectivity index (χ0v) is 13.9. The number of aromatic nitrogens is 1. The number of nitrogens with two attached hydrogens (primary N) is 1. The average Bonchev–Trinajstić information content (AvgIpc) is 3.40. The van der Waals surface area contributed by atoms with E-state index in [0.717, 1.165) is 29.5 Å². The fraction of sp³-hybridized carbons (Fsp3) is 0.263. The Balaban J connectivity index is 1.61. The quantitative estimate of drug-likeness (QED) is 0.841. The molecule has 5 nitrogen and oxygen atoms in total. The van der Waals surface area contributed by atoms with Crippen LogP contribution in [0.5, 0.6) is 0 Å². The van der Waals surface area contributed by atoms with Crippen molar-refractivity contribution in [3.05, 3.63) is 64.9 Å². The fourth-order valence-corrected chi connectivity index (χ4v) is 3.16. The van der Waals surface area contributed by atoms with E-state index in [1.54, 1.807) is 19.1 Å². The summed E-state index contributed by atoms with van der Waals surface area (Å²) in [5.41, 5.74) is 10.2. The van der Waals surface area contributed by atoms with E-state index < -0.39 is 5.95 Å². The summed E-state index contributed by atoms with van der Waals surface area (Å²) in [4.78, 5) is 17.9. The molecule has 0 bridgehead atoms. The van der Waals surface area contributed by atoms with Gasteiger partial charge in [-0.3, -0.25) is 4.79 Å². The molecule has 2 aromatic rings. The number of carbonyl (C=O) groups excluding carboxylic acids is 1. The number of nitrogens with zero attached hydrogens (tertiary/aromatic N) is 2. The summed E-state index contributed by atoms with van der Waals surface area (Å²) in [6, 6.07) is 9.28. The number of allylic oxidation sites excluding steroid dienone is 1. The second-order valence-corrected chi connectivity index (χ2v) is 6.54. The Hall–Kier alpha value is -2.89. The van der Waals surface area contributed by atoms with E-state index in [0.29, 0.717) is 24.0 Å². The van der Waals surface area contributed by atoms with Crippen molar-refractivity contribution in [2.24, 2.45) is 5.73 Å². The van der Waals surface area contributed by atoms with E-state index in [1.807, 2.05) is 23.1 Å². The van der Waals surface area contributed by atoms with Gasteiger partial charge < -0.3 is 16.0 Å². The van der Waals surface area contributed by atoms with Gasteiger partial charge in [0.25, 0.3) is 5.91 Å². The largest absolute Gasteiger partial charge is 0.397 e. The van der Waals surface area contributed by atoms with E-state index in [2.05, 4.69) is 10.3 Å². The number of amides is 1. The Morgan fingerprint density at radius 3 is 2.88 bits per heavy atom. The highest BCUT2D eigenvalue weighted by molar-refractivity contribution is 5.99. The molecular formula is C19H19FN4O. The van der Waals surface area contributed by atoms with E-state index in [9.17, 15) is 9.18 Å². The highest BCUT2D eigenvalue weighted by atomic mass is 19.1. The predicted molar refractivity (Wildman–Crippen MR) is 93.9 cm³/mol. The van der Waals surface area contributed by atoms with Gasteiger partial charge in [-0.2, -0.15) is 4.39 Å². The van der Waals surface area contributed by atoms with Crippen LogP contribution >= 0.6 is 0 Å². The molecule has 0 spiro atoms. The Kier molecular flexibility index (Phi) is 3.67. The van der Waals surface area contributed by atoms with Gasteiger partial charge in [0.15, 0.2) is 0 Å². The van der Waals surface area contributed by atoms with E-state index in [1.165, 1.54) is 6.20 Å². The first-order chi connectivity index (χ1) is 12.0. The summed E-state index contributed by atoms with van der Waals surface area (Å²) in [7, 11) is 0. The maximum absolute atomic E-state index is 13.7. The Morgan fingerprint density at radius 1 is 1.36 bits per heavy atom. The third-order valence-corrected chi connectivity index (χ3v) is 4.72. The van der Waals surface area contributed by atoms with Crippen LogP contribution in [0.15, 0.2) is 42.2 Å². The first-order valence-electron chi connectivity index (χ1n) is 8.33. The summed E-state index contributed by atoms with van der Waals surface area (Å²) < 4.78 is 13.7. The maximum Gasteiger partial charge on any atom is 0.254 e. The van der Waals surface area contributed by atoms with Crippen molar-refractivity contribution >= 4 is 17.3 Å². The minimum atomic E-state index is -0.575. The van der Waals surface area contributed by atoms with Crippen LogP contribution in [0.1, 0.15) is 41.3 Å². The SMILES string of the molecule is C/C(Nc1cccnc1F)=C(/N)c1ccc2c(c1)CN(C1CC1)C2=O. The maximum atomic E-state index is 13.7. The molecule has 1 amide bonds. The number of rotatable bonds is 4. The van der Waals surface area contributed by atoms with Crippen molar-refractivity contribution in [1.82, 2.24) is 9.88 Å². The van der Waals surface area contributed by atoms with E-state index in [-0.39, 0.29) is 11.6 Å². The second kappa shape index (κ2) is 5.88. The molecule has 0 saturated heterocycles. The molecule has 0 radical (unpaired) electrons. The standard InChI is InChI=1S/C19H19FN4O/c1-11(23-16-3-2-8-22-18(16)20)17(21)12-4-7-15-13(9-12)10-24(19(15)25)14-5-6-14/h2-4,7-9,14,23H,5-6,10,21H2,1H3/b17-11-. The average molecular weight is 338 g/mol. The van der Waals surface area contributed by atoms with Crippen LogP contribution in [0.4, 0.5) is 10.1 Å². The van der Waals surface area contributed by atoms with Gasteiger partial charge in [-0.05, 0) is 55.2 Å². The van der Waals surface area contributed by atoms with Crippen LogP contribution in [0.2, 0.25) is 0 Å². The summed E-state index contributed by atoms with van der Waals surface area (Å²) in [6.07, 6.45) is 3.58. The molecule has 1 aromatic carbocycles. The second-order valence-electron chi connectivity index (χ2n) is 6.54. The van der Waals surface area contributed by atoms with Gasteiger partial charge >= 0.3 is 0 Å². The monoisotopic (exact) mass is 338 g/mol. The lowest BCUT2D eigenvalue weighted by Gasteiger charge is -2.13. The number of anilines is 1. The van der Waals surface area contributed by atoms with Gasteiger partial charge in [0.2, 0.25) is 5.95 Å². The van der Waals surface area contributed by atoms with Crippen molar-refractivity contribution in [3.8, 4) is 0 Å². The van der Waals surface area contributed by atoms with E-state index in [4.69, 9.17) is 5.73 Å². The summed E-state index contributed by atoms with van der Waals surface area (Å²) in [6.45, 7) is 2.43. The van der Waals surface area contributed by atoms with Gasteiger partial charge in [-0.25, -0.2) is 4.98 Å². The minimum Gasteiger partial charge on any atom is -0.397 e. The number of halogens is 1. The van der Waals surface area contributed by atoms with Gasteiger partial charge in [0, 0.05) is 30.0 Å². The lowest BCUT2D eigenvalue weighted by molar-refractivity contribution is 0.0766. The van der Waals surface area contributed by atoms with Gasteiger partial charge in [0.1, 0.15) is 0 Å². The van der Waals surface area contributed by atoms with Crippen LogP contribution in [0.25, 0.3) is 5.70 Å². The number of hydrogen-bond donors (Lipinski definition) is 2. The molecule has 1 saturated carbocycles. The lowest BCUT2D eigenvalue weighted by Crippen LogP contribution is -2.25.